The Morgan fingerprint density at radius 1 is 1.04 bits per heavy atom. The summed E-state index contributed by atoms with van der Waals surface area (Å²) in [5, 5.41) is 11.3. The van der Waals surface area contributed by atoms with E-state index in [4.69, 9.17) is 9.47 Å². The third kappa shape index (κ3) is 2.29. The van der Waals surface area contributed by atoms with Crippen molar-refractivity contribution < 1.29 is 23.0 Å². The molecule has 1 aliphatic carbocycles. The topological polar surface area (TPSA) is 72.8 Å². The fourth-order valence-electron chi connectivity index (χ4n) is 5.46. The van der Waals surface area contributed by atoms with E-state index in [0.29, 0.717) is 25.2 Å². The van der Waals surface area contributed by atoms with Gasteiger partial charge in [0.25, 0.3) is 0 Å². The summed E-state index contributed by atoms with van der Waals surface area (Å²) in [5.41, 5.74) is 0.559. The number of rotatable bonds is 3. The number of fused-ring (bicyclic) bond motifs is 1. The molecule has 0 radical (unpaired) electrons. The van der Waals surface area contributed by atoms with Crippen molar-refractivity contribution in [2.45, 2.75) is 67.3 Å². The fraction of sp³-hybridized carbons (Fsp3) is 0.700. The highest BCUT2D eigenvalue weighted by Crippen LogP contribution is 2.76. The van der Waals surface area contributed by atoms with Crippen LogP contribution in [-0.2, 0) is 19.3 Å². The predicted octanol–water partition coefficient (Wildman–Crippen LogP) is 3.07. The SMILES string of the molecule is CC1(C)COC2(CC3(C(O)c4ccccc4)C([Si](C)(C)C)(C2)S3(=O)=O)OC1. The summed E-state index contributed by atoms with van der Waals surface area (Å²) in [6, 6.07) is 9.15. The molecule has 1 saturated carbocycles. The number of sulfone groups is 1. The molecular formula is C20H30O5SSi. The highest BCUT2D eigenvalue weighted by atomic mass is 32.2. The molecule has 1 aromatic rings. The van der Waals surface area contributed by atoms with Crippen molar-refractivity contribution in [2.24, 2.45) is 5.41 Å². The average molecular weight is 411 g/mol. The van der Waals surface area contributed by atoms with Gasteiger partial charge in [-0.05, 0) is 5.56 Å². The zero-order chi connectivity index (χ0) is 19.9. The molecule has 0 amide bonds. The van der Waals surface area contributed by atoms with Gasteiger partial charge in [-0.15, -0.1) is 0 Å². The fourth-order valence-corrected chi connectivity index (χ4v) is 15.5. The molecule has 2 aliphatic heterocycles. The Labute approximate surface area is 163 Å². The van der Waals surface area contributed by atoms with Crippen LogP contribution in [0.1, 0.15) is 38.4 Å². The molecule has 0 aromatic heterocycles. The minimum absolute atomic E-state index is 0.0888. The van der Waals surface area contributed by atoms with Crippen molar-refractivity contribution in [3.8, 4) is 0 Å². The third-order valence-corrected chi connectivity index (χ3v) is 15.6. The van der Waals surface area contributed by atoms with Crippen molar-refractivity contribution in [1.29, 1.82) is 0 Å². The van der Waals surface area contributed by atoms with E-state index >= 15 is 0 Å². The summed E-state index contributed by atoms with van der Waals surface area (Å²) in [6.45, 7) is 11.5. The first kappa shape index (κ1) is 19.6. The molecule has 1 aromatic carbocycles. The second-order valence-corrected chi connectivity index (χ2v) is 18.4. The van der Waals surface area contributed by atoms with Gasteiger partial charge in [0.15, 0.2) is 15.6 Å². The molecule has 3 aliphatic rings. The molecule has 0 bridgehead atoms. The lowest BCUT2D eigenvalue weighted by Gasteiger charge is -2.43. The van der Waals surface area contributed by atoms with E-state index in [1.165, 1.54) is 0 Å². The first-order valence-electron chi connectivity index (χ1n) is 9.59. The van der Waals surface area contributed by atoms with Crippen LogP contribution in [0.4, 0.5) is 0 Å². The van der Waals surface area contributed by atoms with Gasteiger partial charge in [-0.3, -0.25) is 0 Å². The molecule has 2 heterocycles. The molecule has 5 nitrogen and oxygen atoms in total. The Balaban J connectivity index is 1.81. The molecule has 27 heavy (non-hydrogen) atoms. The maximum Gasteiger partial charge on any atom is 0.171 e. The first-order valence-corrected chi connectivity index (χ1v) is 14.6. The van der Waals surface area contributed by atoms with E-state index in [2.05, 4.69) is 33.5 Å². The molecule has 7 heteroatoms. The number of aliphatic hydroxyl groups is 1. The Kier molecular flexibility index (Phi) is 3.95. The van der Waals surface area contributed by atoms with E-state index in [1.807, 2.05) is 18.2 Å². The monoisotopic (exact) mass is 410 g/mol. The van der Waals surface area contributed by atoms with Crippen LogP contribution in [-0.4, -0.2) is 49.7 Å². The van der Waals surface area contributed by atoms with Crippen molar-refractivity contribution >= 4 is 17.9 Å². The minimum atomic E-state index is -3.48. The maximum atomic E-state index is 13.5. The van der Waals surface area contributed by atoms with Crippen molar-refractivity contribution in [3.05, 3.63) is 35.9 Å². The first-order chi connectivity index (χ1) is 12.3. The van der Waals surface area contributed by atoms with E-state index in [1.54, 1.807) is 12.1 Å². The normalized spacial score (nSPS) is 37.0. The number of hydrogen-bond acceptors (Lipinski definition) is 5. The minimum Gasteiger partial charge on any atom is -0.387 e. The second kappa shape index (κ2) is 5.45. The van der Waals surface area contributed by atoms with Gasteiger partial charge in [-0.2, -0.15) is 0 Å². The average Bonchev–Trinajstić information content (AvgIpc) is 2.88. The van der Waals surface area contributed by atoms with Crippen LogP contribution in [0.15, 0.2) is 30.3 Å². The highest BCUT2D eigenvalue weighted by Gasteiger charge is 2.95. The Morgan fingerprint density at radius 2 is 1.59 bits per heavy atom. The molecule has 1 spiro atoms. The van der Waals surface area contributed by atoms with Gasteiger partial charge >= 0.3 is 0 Å². The Morgan fingerprint density at radius 3 is 2.11 bits per heavy atom. The highest BCUT2D eigenvalue weighted by molar-refractivity contribution is 8.04. The molecule has 2 saturated heterocycles. The summed E-state index contributed by atoms with van der Waals surface area (Å²) in [5.74, 6) is -0.906. The number of benzene rings is 1. The predicted molar refractivity (Wildman–Crippen MR) is 107 cm³/mol. The molecule has 1 N–H and O–H groups in total. The van der Waals surface area contributed by atoms with Crippen LogP contribution < -0.4 is 0 Å². The third-order valence-electron chi connectivity index (χ3n) is 6.85. The number of aliphatic hydroxyl groups excluding tert-OH is 1. The van der Waals surface area contributed by atoms with Crippen LogP contribution in [0.5, 0.6) is 0 Å². The summed E-state index contributed by atoms with van der Waals surface area (Å²) in [4.78, 5) is 0. The van der Waals surface area contributed by atoms with Crippen LogP contribution in [0, 0.1) is 5.41 Å². The van der Waals surface area contributed by atoms with Crippen LogP contribution >= 0.6 is 0 Å². The van der Waals surface area contributed by atoms with Crippen LogP contribution in [0.2, 0.25) is 19.6 Å². The maximum absolute atomic E-state index is 13.5. The standard InChI is InChI=1S/C20H30O5SSi/c1-17(2)13-24-18(25-14-17)11-19(16(21)15-9-7-6-8-10-15)20(12-18,26(19,22)23)27(3,4)5/h6-10,16,21H,11-14H2,1-5H3. The van der Waals surface area contributed by atoms with E-state index in [0.717, 1.165) is 0 Å². The quantitative estimate of drug-likeness (QED) is 0.612. The summed E-state index contributed by atoms with van der Waals surface area (Å²) in [6.07, 6.45) is -0.534. The molecule has 4 rings (SSSR count). The van der Waals surface area contributed by atoms with Crippen molar-refractivity contribution in [3.63, 3.8) is 0 Å². The Bertz CT molecular complexity index is 850. The second-order valence-electron chi connectivity index (χ2n) is 10.3. The van der Waals surface area contributed by atoms with E-state index < -0.39 is 38.9 Å². The zero-order valence-electron chi connectivity index (χ0n) is 16.8. The van der Waals surface area contributed by atoms with Crippen molar-refractivity contribution in [1.82, 2.24) is 0 Å². The number of hydrogen-bond donors (Lipinski definition) is 1. The van der Waals surface area contributed by atoms with E-state index in [-0.39, 0.29) is 11.8 Å². The van der Waals surface area contributed by atoms with Gasteiger partial charge in [0, 0.05) is 18.3 Å². The smallest absolute Gasteiger partial charge is 0.171 e. The van der Waals surface area contributed by atoms with Crippen molar-refractivity contribution in [2.75, 3.05) is 13.2 Å². The summed E-state index contributed by atoms with van der Waals surface area (Å²) in [7, 11) is -5.71. The number of ether oxygens (including phenoxy) is 2. The van der Waals surface area contributed by atoms with Gasteiger partial charge in [0.05, 0.1) is 25.7 Å². The zero-order valence-corrected chi connectivity index (χ0v) is 18.6. The van der Waals surface area contributed by atoms with Gasteiger partial charge in [0.1, 0.15) is 10.9 Å². The largest absolute Gasteiger partial charge is 0.387 e. The lowest BCUT2D eigenvalue weighted by atomic mass is 9.92. The van der Waals surface area contributed by atoms with Crippen LogP contribution in [0.3, 0.4) is 0 Å². The van der Waals surface area contributed by atoms with Gasteiger partial charge in [-0.1, -0.05) is 63.8 Å². The molecule has 3 fully saturated rings. The summed E-state index contributed by atoms with van der Waals surface area (Å²) >= 11 is 0. The van der Waals surface area contributed by atoms with Gasteiger partial charge in [-0.25, -0.2) is 8.42 Å². The van der Waals surface area contributed by atoms with Crippen LogP contribution in [0.25, 0.3) is 0 Å². The lowest BCUT2D eigenvalue weighted by molar-refractivity contribution is -0.297. The molecule has 3 atom stereocenters. The van der Waals surface area contributed by atoms with Gasteiger partial charge < -0.3 is 14.6 Å². The molecule has 3 unspecified atom stereocenters. The van der Waals surface area contributed by atoms with Gasteiger partial charge in [0.2, 0.25) is 0 Å². The molecule has 150 valence electrons. The summed E-state index contributed by atoms with van der Waals surface area (Å²) < 4.78 is 37.3. The molecular weight excluding hydrogens is 380 g/mol. The van der Waals surface area contributed by atoms with E-state index in [9.17, 15) is 13.5 Å². The Hall–Kier alpha value is -0.733. The lowest BCUT2D eigenvalue weighted by Crippen LogP contribution is -2.51.